The van der Waals surface area contributed by atoms with Crippen molar-refractivity contribution in [2.45, 2.75) is 36.5 Å². The maximum Gasteiger partial charge on any atom is 0.266 e. The molecule has 148 valence electrons. The van der Waals surface area contributed by atoms with Gasteiger partial charge >= 0.3 is 0 Å². The van der Waals surface area contributed by atoms with Crippen LogP contribution < -0.4 is 0 Å². The molecule has 3 rings (SSSR count). The molecule has 0 saturated carbocycles. The van der Waals surface area contributed by atoms with Gasteiger partial charge in [0.1, 0.15) is 24.4 Å². The Morgan fingerprint density at radius 2 is 1.89 bits per heavy atom. The van der Waals surface area contributed by atoms with E-state index >= 15 is 0 Å². The third-order valence-corrected chi connectivity index (χ3v) is 5.01. The summed E-state index contributed by atoms with van der Waals surface area (Å²) in [6.45, 7) is 0.143. The van der Waals surface area contributed by atoms with Crippen molar-refractivity contribution in [3.8, 4) is 6.07 Å². The molecule has 1 unspecified atom stereocenters. The van der Waals surface area contributed by atoms with Crippen LogP contribution in [-0.2, 0) is 38.0 Å². The first-order valence-corrected chi connectivity index (χ1v) is 10.0. The molecule has 0 spiro atoms. The van der Waals surface area contributed by atoms with E-state index in [0.717, 1.165) is 11.8 Å². The summed E-state index contributed by atoms with van der Waals surface area (Å²) in [5, 5.41) is 9.81. The first-order chi connectivity index (χ1) is 12.8. The van der Waals surface area contributed by atoms with Crippen LogP contribution in [-0.4, -0.2) is 65.7 Å². The second-order valence-electron chi connectivity index (χ2n) is 6.27. The van der Waals surface area contributed by atoms with E-state index in [9.17, 15) is 13.7 Å². The van der Waals surface area contributed by atoms with Gasteiger partial charge in [-0.3, -0.25) is 0 Å². The zero-order valence-electron chi connectivity index (χ0n) is 15.1. The molecule has 1 aromatic carbocycles. The smallest absolute Gasteiger partial charge is 0.266 e. The molecule has 0 N–H and O–H groups in total. The molecule has 0 aliphatic carbocycles. The molecule has 0 radical (unpaired) electrons. The summed E-state index contributed by atoms with van der Waals surface area (Å²) in [5.74, 6) is 0. The van der Waals surface area contributed by atoms with Crippen molar-refractivity contribution in [2.24, 2.45) is 0 Å². The Hall–Kier alpha value is -1.58. The number of fused-ring (bicyclic) bond motifs is 1. The van der Waals surface area contributed by atoms with Gasteiger partial charge in [-0.25, -0.2) is 4.18 Å². The molecule has 2 aliphatic rings. The zero-order chi connectivity index (χ0) is 19.7. The molecule has 2 aliphatic heterocycles. The van der Waals surface area contributed by atoms with Crippen LogP contribution in [0.2, 0.25) is 0 Å². The molecule has 0 bridgehead atoms. The van der Waals surface area contributed by atoms with Gasteiger partial charge in [0.2, 0.25) is 6.29 Å². The molecule has 9 nitrogen and oxygen atoms in total. The summed E-state index contributed by atoms with van der Waals surface area (Å²) in [5.41, 5.74) is -1.30. The van der Waals surface area contributed by atoms with Crippen molar-refractivity contribution >= 4 is 10.1 Å². The fraction of sp³-hybridized carbons (Fsp3) is 0.588. The van der Waals surface area contributed by atoms with Gasteiger partial charge in [-0.2, -0.15) is 13.7 Å². The highest BCUT2D eigenvalue weighted by atomic mass is 32.2. The standard InChI is InChI=1S/C17H21NO8S/c1-21-14-13-12(9-23-15(25-13)11-7-5-4-6-8-11)24-16(22-2)17(14,10-18)26-27(3,19)20/h4-8,12-16H,9H2,1-3H3/t12-,13-,14-,15-,16-,17?/m1/s1. The summed E-state index contributed by atoms with van der Waals surface area (Å²) >= 11 is 0. The summed E-state index contributed by atoms with van der Waals surface area (Å²) in [6.07, 6.45) is -3.75. The van der Waals surface area contributed by atoms with Crippen molar-refractivity contribution in [3.05, 3.63) is 35.9 Å². The first-order valence-electron chi connectivity index (χ1n) is 8.19. The molecule has 0 amide bonds. The lowest BCUT2D eigenvalue weighted by atomic mass is 9.87. The number of hydrogen-bond donors (Lipinski definition) is 0. The minimum Gasteiger partial charge on any atom is -0.374 e. The number of ether oxygens (including phenoxy) is 5. The van der Waals surface area contributed by atoms with E-state index in [-0.39, 0.29) is 6.61 Å². The van der Waals surface area contributed by atoms with Gasteiger partial charge in [0.15, 0.2) is 6.29 Å². The molecular formula is C17H21NO8S. The fourth-order valence-corrected chi connectivity index (χ4v) is 4.08. The fourth-order valence-electron chi connectivity index (χ4n) is 3.36. The van der Waals surface area contributed by atoms with Crippen molar-refractivity contribution in [1.29, 1.82) is 5.26 Å². The van der Waals surface area contributed by atoms with Crippen molar-refractivity contribution in [3.63, 3.8) is 0 Å². The second-order valence-corrected chi connectivity index (χ2v) is 7.84. The molecule has 0 aromatic heterocycles. The minimum absolute atomic E-state index is 0.143. The van der Waals surface area contributed by atoms with E-state index < -0.39 is 46.6 Å². The van der Waals surface area contributed by atoms with E-state index in [1.165, 1.54) is 14.2 Å². The largest absolute Gasteiger partial charge is 0.374 e. The van der Waals surface area contributed by atoms with Gasteiger partial charge in [0.05, 0.1) is 12.9 Å². The van der Waals surface area contributed by atoms with Crippen LogP contribution in [0.1, 0.15) is 11.9 Å². The number of rotatable bonds is 5. The van der Waals surface area contributed by atoms with Gasteiger partial charge in [-0.1, -0.05) is 30.3 Å². The number of benzene rings is 1. The van der Waals surface area contributed by atoms with Crippen molar-refractivity contribution < 1.29 is 36.3 Å². The molecule has 1 aromatic rings. The Labute approximate surface area is 157 Å². The highest BCUT2D eigenvalue weighted by Crippen LogP contribution is 2.41. The van der Waals surface area contributed by atoms with Gasteiger partial charge in [0.25, 0.3) is 15.7 Å². The summed E-state index contributed by atoms with van der Waals surface area (Å²) in [7, 11) is -1.41. The first kappa shape index (κ1) is 20.2. The molecular weight excluding hydrogens is 378 g/mol. The van der Waals surface area contributed by atoms with Crippen LogP contribution in [0, 0.1) is 11.3 Å². The van der Waals surface area contributed by atoms with Gasteiger partial charge in [-0.05, 0) is 0 Å². The predicted octanol–water partition coefficient (Wildman–Crippen LogP) is 0.725. The quantitative estimate of drug-likeness (QED) is 0.661. The lowest BCUT2D eigenvalue weighted by molar-refractivity contribution is -0.370. The van der Waals surface area contributed by atoms with E-state index in [1.54, 1.807) is 0 Å². The van der Waals surface area contributed by atoms with Crippen molar-refractivity contribution in [1.82, 2.24) is 0 Å². The second kappa shape index (κ2) is 7.81. The monoisotopic (exact) mass is 399 g/mol. The Bertz CT molecular complexity index is 795. The van der Waals surface area contributed by atoms with Gasteiger partial charge in [-0.15, -0.1) is 0 Å². The summed E-state index contributed by atoms with van der Waals surface area (Å²) in [6, 6.07) is 11.1. The third-order valence-electron chi connectivity index (χ3n) is 4.43. The zero-order valence-corrected chi connectivity index (χ0v) is 15.9. The number of nitriles is 1. The summed E-state index contributed by atoms with van der Waals surface area (Å²) in [4.78, 5) is 0. The maximum absolute atomic E-state index is 11.8. The van der Waals surface area contributed by atoms with Crippen LogP contribution in [0.4, 0.5) is 0 Å². The average Bonchev–Trinajstić information content (AvgIpc) is 2.66. The van der Waals surface area contributed by atoms with E-state index in [4.69, 9.17) is 27.9 Å². The SMILES string of the molecule is CO[C@@H]1O[C@@H]2CO[C@@H](c3ccccc3)O[C@H]2[C@@H](OC)C1(C#N)OS(C)(=O)=O. The van der Waals surface area contributed by atoms with E-state index in [0.29, 0.717) is 0 Å². The topological polar surface area (TPSA) is 113 Å². The lowest BCUT2D eigenvalue weighted by Gasteiger charge is -2.50. The lowest BCUT2D eigenvalue weighted by Crippen LogP contribution is -2.70. The molecule has 6 atom stereocenters. The molecule has 2 fully saturated rings. The predicted molar refractivity (Wildman–Crippen MR) is 90.7 cm³/mol. The highest BCUT2D eigenvalue weighted by Gasteiger charge is 2.63. The van der Waals surface area contributed by atoms with Gasteiger partial charge < -0.3 is 23.7 Å². The summed E-state index contributed by atoms with van der Waals surface area (Å²) < 4.78 is 56.9. The van der Waals surface area contributed by atoms with Crippen LogP contribution >= 0.6 is 0 Å². The molecule has 27 heavy (non-hydrogen) atoms. The number of hydrogen-bond acceptors (Lipinski definition) is 9. The average molecular weight is 399 g/mol. The maximum atomic E-state index is 11.8. The minimum atomic E-state index is -4.03. The molecule has 10 heteroatoms. The van der Waals surface area contributed by atoms with Crippen molar-refractivity contribution in [2.75, 3.05) is 27.1 Å². The van der Waals surface area contributed by atoms with Crippen LogP contribution in [0.25, 0.3) is 0 Å². The van der Waals surface area contributed by atoms with Crippen LogP contribution in [0.3, 0.4) is 0 Å². The van der Waals surface area contributed by atoms with Crippen LogP contribution in [0.15, 0.2) is 30.3 Å². The molecule has 2 heterocycles. The normalized spacial score (nSPS) is 36.6. The van der Waals surface area contributed by atoms with Gasteiger partial charge in [0, 0.05) is 19.8 Å². The highest BCUT2D eigenvalue weighted by molar-refractivity contribution is 7.86. The Balaban J connectivity index is 1.96. The third kappa shape index (κ3) is 3.86. The van der Waals surface area contributed by atoms with E-state index in [2.05, 4.69) is 0 Å². The Morgan fingerprint density at radius 3 is 2.44 bits per heavy atom. The Kier molecular flexibility index (Phi) is 5.83. The van der Waals surface area contributed by atoms with E-state index in [1.807, 2.05) is 36.4 Å². The van der Waals surface area contributed by atoms with Crippen LogP contribution in [0.5, 0.6) is 0 Å². The number of nitrogens with zero attached hydrogens (tertiary/aromatic N) is 1. The Morgan fingerprint density at radius 1 is 1.19 bits per heavy atom. The number of methoxy groups -OCH3 is 2. The molecule has 2 saturated heterocycles.